The maximum absolute atomic E-state index is 12.3. The summed E-state index contributed by atoms with van der Waals surface area (Å²) in [7, 11) is 0. The second kappa shape index (κ2) is 8.15. The van der Waals surface area contributed by atoms with Crippen molar-refractivity contribution in [1.29, 1.82) is 0 Å². The van der Waals surface area contributed by atoms with Gasteiger partial charge in [0.25, 0.3) is 0 Å². The Labute approximate surface area is 135 Å². The second-order valence-corrected chi connectivity index (χ2v) is 7.54. The molecular formula is C15H25N3OS2. The summed E-state index contributed by atoms with van der Waals surface area (Å²) in [5, 5.41) is 3.45. The van der Waals surface area contributed by atoms with E-state index in [1.54, 1.807) is 23.1 Å². The number of carbonyl (C=O) groups is 1. The van der Waals surface area contributed by atoms with E-state index in [1.807, 2.05) is 18.1 Å². The first kappa shape index (κ1) is 16.8. The molecule has 0 spiro atoms. The summed E-state index contributed by atoms with van der Waals surface area (Å²) >= 11 is 3.38. The molecule has 21 heavy (non-hydrogen) atoms. The fourth-order valence-corrected chi connectivity index (χ4v) is 3.61. The van der Waals surface area contributed by atoms with E-state index in [2.05, 4.69) is 22.2 Å². The molecule has 0 N–H and O–H groups in total. The summed E-state index contributed by atoms with van der Waals surface area (Å²) in [6, 6.07) is 0. The molecule has 4 nitrogen and oxygen atoms in total. The minimum atomic E-state index is 0.0715. The number of thiazole rings is 1. The third-order valence-corrected chi connectivity index (χ3v) is 5.84. The predicted octanol–water partition coefficient (Wildman–Crippen LogP) is 2.49. The van der Waals surface area contributed by atoms with Crippen molar-refractivity contribution in [3.63, 3.8) is 0 Å². The fourth-order valence-electron chi connectivity index (χ4n) is 2.52. The minimum absolute atomic E-state index is 0.0715. The monoisotopic (exact) mass is 327 g/mol. The highest BCUT2D eigenvalue weighted by atomic mass is 32.2. The zero-order chi connectivity index (χ0) is 15.2. The number of hydrogen-bond donors (Lipinski definition) is 0. The standard InChI is InChI=1S/C15H25N3OS2/c1-4-14-16-13(11-21-14)10-17-6-5-7-18(9-8-17)15(19)12(2)20-3/h11-12H,4-10H2,1-3H3/t12-/m1/s1. The van der Waals surface area contributed by atoms with Crippen LogP contribution in [0.2, 0.25) is 0 Å². The van der Waals surface area contributed by atoms with Gasteiger partial charge in [-0.15, -0.1) is 11.3 Å². The Balaban J connectivity index is 1.87. The third kappa shape index (κ3) is 4.69. The Morgan fingerprint density at radius 2 is 2.24 bits per heavy atom. The van der Waals surface area contributed by atoms with E-state index >= 15 is 0 Å². The Bertz CT molecular complexity index is 464. The van der Waals surface area contributed by atoms with Crippen LogP contribution in [0.3, 0.4) is 0 Å². The largest absolute Gasteiger partial charge is 0.340 e. The lowest BCUT2D eigenvalue weighted by Crippen LogP contribution is -2.39. The smallest absolute Gasteiger partial charge is 0.235 e. The molecule has 0 bridgehead atoms. The molecule has 1 aliphatic rings. The molecule has 6 heteroatoms. The molecule has 1 fully saturated rings. The first-order chi connectivity index (χ1) is 10.1. The predicted molar refractivity (Wildman–Crippen MR) is 90.9 cm³/mol. The van der Waals surface area contributed by atoms with Crippen molar-refractivity contribution in [2.45, 2.75) is 38.5 Å². The van der Waals surface area contributed by atoms with Gasteiger partial charge in [-0.1, -0.05) is 6.92 Å². The number of rotatable bonds is 5. The molecule has 0 aromatic carbocycles. The molecular weight excluding hydrogens is 302 g/mol. The molecule has 0 unspecified atom stereocenters. The van der Waals surface area contributed by atoms with E-state index in [0.29, 0.717) is 0 Å². The number of hydrogen-bond acceptors (Lipinski definition) is 5. The molecule has 0 aliphatic carbocycles. The van der Waals surface area contributed by atoms with E-state index < -0.39 is 0 Å². The number of amides is 1. The van der Waals surface area contributed by atoms with Crippen LogP contribution in [-0.4, -0.2) is 58.4 Å². The van der Waals surface area contributed by atoms with Gasteiger partial charge < -0.3 is 4.90 Å². The van der Waals surface area contributed by atoms with E-state index in [-0.39, 0.29) is 11.2 Å². The van der Waals surface area contributed by atoms with Crippen LogP contribution in [0.5, 0.6) is 0 Å². The topological polar surface area (TPSA) is 36.4 Å². The van der Waals surface area contributed by atoms with Gasteiger partial charge in [-0.2, -0.15) is 11.8 Å². The van der Waals surface area contributed by atoms with Gasteiger partial charge in [0.15, 0.2) is 0 Å². The van der Waals surface area contributed by atoms with Gasteiger partial charge >= 0.3 is 0 Å². The third-order valence-electron chi connectivity index (χ3n) is 3.89. The molecule has 1 amide bonds. The molecule has 2 heterocycles. The maximum Gasteiger partial charge on any atom is 0.235 e. The molecule has 1 aliphatic heterocycles. The molecule has 1 aromatic rings. The van der Waals surface area contributed by atoms with Gasteiger partial charge in [-0.3, -0.25) is 9.69 Å². The van der Waals surface area contributed by atoms with Crippen molar-refractivity contribution < 1.29 is 4.79 Å². The quantitative estimate of drug-likeness (QED) is 0.832. The van der Waals surface area contributed by atoms with Crippen LogP contribution in [0.15, 0.2) is 5.38 Å². The van der Waals surface area contributed by atoms with E-state index in [4.69, 9.17) is 0 Å². The molecule has 0 radical (unpaired) electrons. The van der Waals surface area contributed by atoms with Gasteiger partial charge in [0, 0.05) is 38.1 Å². The average Bonchev–Trinajstić information content (AvgIpc) is 2.83. The summed E-state index contributed by atoms with van der Waals surface area (Å²) in [4.78, 5) is 21.4. The first-order valence-corrected chi connectivity index (χ1v) is 9.78. The van der Waals surface area contributed by atoms with Gasteiger partial charge in [0.05, 0.1) is 16.0 Å². The lowest BCUT2D eigenvalue weighted by atomic mass is 10.3. The number of thioether (sulfide) groups is 1. The van der Waals surface area contributed by atoms with Crippen molar-refractivity contribution >= 4 is 29.0 Å². The Morgan fingerprint density at radius 3 is 2.90 bits per heavy atom. The Kier molecular flexibility index (Phi) is 6.51. The van der Waals surface area contributed by atoms with Crippen molar-refractivity contribution in [3.8, 4) is 0 Å². The van der Waals surface area contributed by atoms with E-state index in [0.717, 1.165) is 45.6 Å². The summed E-state index contributed by atoms with van der Waals surface area (Å²) in [6.07, 6.45) is 4.07. The lowest BCUT2D eigenvalue weighted by molar-refractivity contribution is -0.130. The van der Waals surface area contributed by atoms with Crippen LogP contribution in [0.1, 0.15) is 31.0 Å². The maximum atomic E-state index is 12.3. The number of carbonyl (C=O) groups excluding carboxylic acids is 1. The van der Waals surface area contributed by atoms with Gasteiger partial charge in [-0.05, 0) is 26.0 Å². The average molecular weight is 328 g/mol. The summed E-state index contributed by atoms with van der Waals surface area (Å²) in [5.74, 6) is 0.284. The van der Waals surface area contributed by atoms with Gasteiger partial charge in [0.1, 0.15) is 0 Å². The molecule has 0 saturated carbocycles. The van der Waals surface area contributed by atoms with Crippen LogP contribution in [0, 0.1) is 0 Å². The zero-order valence-corrected chi connectivity index (χ0v) is 14.8. The highest BCUT2D eigenvalue weighted by molar-refractivity contribution is 7.99. The van der Waals surface area contributed by atoms with Crippen molar-refractivity contribution in [2.24, 2.45) is 0 Å². The zero-order valence-electron chi connectivity index (χ0n) is 13.2. The van der Waals surface area contributed by atoms with Gasteiger partial charge in [0.2, 0.25) is 5.91 Å². The number of aromatic nitrogens is 1. The van der Waals surface area contributed by atoms with Crippen LogP contribution in [-0.2, 0) is 17.8 Å². The van der Waals surface area contributed by atoms with Crippen LogP contribution >= 0.6 is 23.1 Å². The normalized spacial score (nSPS) is 18.5. The molecule has 118 valence electrons. The van der Waals surface area contributed by atoms with Gasteiger partial charge in [-0.25, -0.2) is 4.98 Å². The van der Waals surface area contributed by atoms with Crippen molar-refractivity contribution in [3.05, 3.63) is 16.1 Å². The molecule has 1 saturated heterocycles. The second-order valence-electron chi connectivity index (χ2n) is 5.42. The minimum Gasteiger partial charge on any atom is -0.340 e. The van der Waals surface area contributed by atoms with E-state index in [9.17, 15) is 4.79 Å². The van der Waals surface area contributed by atoms with Crippen molar-refractivity contribution in [2.75, 3.05) is 32.4 Å². The fraction of sp³-hybridized carbons (Fsp3) is 0.733. The summed E-state index contributed by atoms with van der Waals surface area (Å²) in [5.41, 5.74) is 1.18. The molecule has 2 rings (SSSR count). The highest BCUT2D eigenvalue weighted by Crippen LogP contribution is 2.15. The molecule has 1 atom stereocenters. The van der Waals surface area contributed by atoms with Crippen LogP contribution in [0.4, 0.5) is 0 Å². The summed E-state index contributed by atoms with van der Waals surface area (Å²) in [6.45, 7) is 8.78. The molecule has 1 aromatic heterocycles. The number of aryl methyl sites for hydroxylation is 1. The van der Waals surface area contributed by atoms with E-state index in [1.165, 1.54) is 10.7 Å². The lowest BCUT2D eigenvalue weighted by Gasteiger charge is -2.23. The SMILES string of the molecule is CCc1nc(CN2CCCN(C(=O)[C@@H](C)SC)CC2)cs1. The first-order valence-electron chi connectivity index (χ1n) is 7.61. The van der Waals surface area contributed by atoms with Crippen LogP contribution in [0.25, 0.3) is 0 Å². The summed E-state index contributed by atoms with van der Waals surface area (Å²) < 4.78 is 0. The highest BCUT2D eigenvalue weighted by Gasteiger charge is 2.23. The van der Waals surface area contributed by atoms with Crippen LogP contribution < -0.4 is 0 Å². The Morgan fingerprint density at radius 1 is 1.43 bits per heavy atom. The number of nitrogens with zero attached hydrogens (tertiary/aromatic N) is 3. The van der Waals surface area contributed by atoms with Crippen molar-refractivity contribution in [1.82, 2.24) is 14.8 Å². The Hall–Kier alpha value is -0.590.